The highest BCUT2D eigenvalue weighted by atomic mass is 16.5. The van der Waals surface area contributed by atoms with E-state index in [-0.39, 0.29) is 5.75 Å². The van der Waals surface area contributed by atoms with Gasteiger partial charge in [0.1, 0.15) is 5.75 Å². The van der Waals surface area contributed by atoms with Gasteiger partial charge >= 0.3 is 5.97 Å². The number of morpholine rings is 1. The van der Waals surface area contributed by atoms with Crippen molar-refractivity contribution in [1.29, 1.82) is 0 Å². The Bertz CT molecular complexity index is 529. The molecule has 1 aliphatic heterocycles. The van der Waals surface area contributed by atoms with E-state index in [0.29, 0.717) is 26.2 Å². The summed E-state index contributed by atoms with van der Waals surface area (Å²) in [5.41, 5.74) is 1.81. The van der Waals surface area contributed by atoms with Gasteiger partial charge < -0.3 is 14.9 Å². The number of ether oxygens (including phenoxy) is 1. The number of hydrogen-bond donors (Lipinski definition) is 2. The number of carboxylic acids is 1. The largest absolute Gasteiger partial charge is 0.508 e. The van der Waals surface area contributed by atoms with Gasteiger partial charge in [0.2, 0.25) is 0 Å². The Hall–Kier alpha value is -1.59. The predicted molar refractivity (Wildman–Crippen MR) is 74.9 cm³/mol. The van der Waals surface area contributed by atoms with E-state index in [1.54, 1.807) is 13.0 Å². The second-order valence-electron chi connectivity index (χ2n) is 5.66. The number of rotatable bonds is 3. The third-order valence-electron chi connectivity index (χ3n) is 3.89. The molecule has 1 saturated heterocycles. The first-order valence-corrected chi connectivity index (χ1v) is 6.70. The molecule has 20 heavy (non-hydrogen) atoms. The molecular weight excluding hydrogens is 258 g/mol. The first-order chi connectivity index (χ1) is 9.32. The molecule has 2 N–H and O–H groups in total. The van der Waals surface area contributed by atoms with Crippen molar-refractivity contribution in [1.82, 2.24) is 4.90 Å². The zero-order valence-corrected chi connectivity index (χ0v) is 12.1. The highest BCUT2D eigenvalue weighted by Crippen LogP contribution is 2.25. The molecule has 1 atom stereocenters. The Morgan fingerprint density at radius 2 is 2.05 bits per heavy atom. The molecule has 0 amide bonds. The molecule has 1 unspecified atom stereocenters. The summed E-state index contributed by atoms with van der Waals surface area (Å²) in [5, 5.41) is 19.2. The Balaban J connectivity index is 2.14. The van der Waals surface area contributed by atoms with E-state index >= 15 is 0 Å². The van der Waals surface area contributed by atoms with Crippen molar-refractivity contribution in [3.8, 4) is 5.75 Å². The molecule has 5 nitrogen and oxygen atoms in total. The van der Waals surface area contributed by atoms with Gasteiger partial charge in [-0.3, -0.25) is 4.90 Å². The highest BCUT2D eigenvalue weighted by molar-refractivity contribution is 5.77. The Morgan fingerprint density at radius 3 is 2.70 bits per heavy atom. The summed E-state index contributed by atoms with van der Waals surface area (Å²) in [6.45, 7) is 7.42. The first kappa shape index (κ1) is 14.8. The van der Waals surface area contributed by atoms with Gasteiger partial charge in [-0.15, -0.1) is 0 Å². The van der Waals surface area contributed by atoms with Gasteiger partial charge in [-0.1, -0.05) is 6.07 Å². The normalized spacial score (nSPS) is 23.8. The zero-order chi connectivity index (χ0) is 14.9. The number of carbonyl (C=O) groups is 1. The van der Waals surface area contributed by atoms with Gasteiger partial charge in [-0.05, 0) is 38.0 Å². The summed E-state index contributed by atoms with van der Waals surface area (Å²) >= 11 is 0. The molecule has 0 aromatic heterocycles. The number of aliphatic carboxylic acids is 1. The van der Waals surface area contributed by atoms with Crippen LogP contribution in [0.4, 0.5) is 0 Å². The number of aryl methyl sites for hydroxylation is 2. The van der Waals surface area contributed by atoms with Crippen LogP contribution < -0.4 is 0 Å². The van der Waals surface area contributed by atoms with Crippen LogP contribution in [0.15, 0.2) is 12.1 Å². The maximum atomic E-state index is 11.2. The molecule has 1 heterocycles. The third kappa shape index (κ3) is 2.94. The fourth-order valence-corrected chi connectivity index (χ4v) is 2.44. The number of aromatic hydroxyl groups is 1. The lowest BCUT2D eigenvalue weighted by molar-refractivity contribution is -0.174. The maximum absolute atomic E-state index is 11.2. The number of phenolic OH excluding ortho intramolecular Hbond substituents is 1. The quantitative estimate of drug-likeness (QED) is 0.881. The van der Waals surface area contributed by atoms with Crippen molar-refractivity contribution >= 4 is 5.97 Å². The van der Waals surface area contributed by atoms with Gasteiger partial charge in [0.15, 0.2) is 5.60 Å². The van der Waals surface area contributed by atoms with Crippen LogP contribution in [-0.4, -0.2) is 46.4 Å². The smallest absolute Gasteiger partial charge is 0.337 e. The van der Waals surface area contributed by atoms with E-state index in [2.05, 4.69) is 0 Å². The van der Waals surface area contributed by atoms with Gasteiger partial charge in [0.05, 0.1) is 6.61 Å². The molecule has 110 valence electrons. The van der Waals surface area contributed by atoms with Crippen molar-refractivity contribution in [2.75, 3.05) is 19.7 Å². The molecule has 0 radical (unpaired) electrons. The van der Waals surface area contributed by atoms with Crippen LogP contribution >= 0.6 is 0 Å². The van der Waals surface area contributed by atoms with Crippen LogP contribution in [0.3, 0.4) is 0 Å². The number of nitrogens with zero attached hydrogens (tertiary/aromatic N) is 1. The van der Waals surface area contributed by atoms with E-state index < -0.39 is 11.6 Å². The van der Waals surface area contributed by atoms with Crippen LogP contribution in [0.5, 0.6) is 5.75 Å². The molecule has 1 aromatic rings. The molecule has 1 aromatic carbocycles. The summed E-state index contributed by atoms with van der Waals surface area (Å²) in [6, 6.07) is 3.71. The number of phenols is 1. The average Bonchev–Trinajstić information content (AvgIpc) is 2.36. The van der Waals surface area contributed by atoms with Crippen molar-refractivity contribution in [2.24, 2.45) is 0 Å². The second kappa shape index (κ2) is 5.42. The van der Waals surface area contributed by atoms with Crippen LogP contribution in [0, 0.1) is 13.8 Å². The number of benzene rings is 1. The zero-order valence-electron chi connectivity index (χ0n) is 12.1. The summed E-state index contributed by atoms with van der Waals surface area (Å²) in [7, 11) is 0. The Labute approximate surface area is 118 Å². The minimum absolute atomic E-state index is 0.261. The number of hydrogen-bond acceptors (Lipinski definition) is 4. The van der Waals surface area contributed by atoms with E-state index in [1.807, 2.05) is 24.8 Å². The van der Waals surface area contributed by atoms with Crippen molar-refractivity contribution in [3.63, 3.8) is 0 Å². The van der Waals surface area contributed by atoms with E-state index in [0.717, 1.165) is 16.7 Å². The Morgan fingerprint density at radius 1 is 1.40 bits per heavy atom. The average molecular weight is 279 g/mol. The van der Waals surface area contributed by atoms with Crippen molar-refractivity contribution in [3.05, 3.63) is 28.8 Å². The van der Waals surface area contributed by atoms with Crippen LogP contribution in [0.25, 0.3) is 0 Å². The monoisotopic (exact) mass is 279 g/mol. The summed E-state index contributed by atoms with van der Waals surface area (Å²) in [5.74, 6) is -0.692. The standard InChI is InChI=1S/C15H21NO4/c1-10-6-12(13(17)7-11(10)2)8-16-4-5-20-15(3,9-16)14(18)19/h6-7,17H,4-5,8-9H2,1-3H3,(H,18,19). The van der Waals surface area contributed by atoms with Crippen molar-refractivity contribution < 1.29 is 19.7 Å². The van der Waals surface area contributed by atoms with Crippen molar-refractivity contribution in [2.45, 2.75) is 32.9 Å². The highest BCUT2D eigenvalue weighted by Gasteiger charge is 2.39. The summed E-state index contributed by atoms with van der Waals surface area (Å²) < 4.78 is 5.36. The maximum Gasteiger partial charge on any atom is 0.337 e. The van der Waals surface area contributed by atoms with E-state index in [9.17, 15) is 15.0 Å². The SMILES string of the molecule is Cc1cc(O)c(CN2CCOC(C)(C(=O)O)C2)cc1C. The van der Waals surface area contributed by atoms with Gasteiger partial charge in [0.25, 0.3) is 0 Å². The molecular formula is C15H21NO4. The lowest BCUT2D eigenvalue weighted by Crippen LogP contribution is -2.54. The molecule has 0 aliphatic carbocycles. The molecule has 0 spiro atoms. The van der Waals surface area contributed by atoms with E-state index in [1.165, 1.54) is 0 Å². The molecule has 1 fully saturated rings. The van der Waals surface area contributed by atoms with Crippen LogP contribution in [0.2, 0.25) is 0 Å². The molecule has 1 aliphatic rings. The lowest BCUT2D eigenvalue weighted by Gasteiger charge is -2.37. The fourth-order valence-electron chi connectivity index (χ4n) is 2.44. The minimum Gasteiger partial charge on any atom is -0.508 e. The molecule has 2 rings (SSSR count). The third-order valence-corrected chi connectivity index (χ3v) is 3.89. The molecule has 0 saturated carbocycles. The van der Waals surface area contributed by atoms with Gasteiger partial charge in [0, 0.05) is 25.2 Å². The summed E-state index contributed by atoms with van der Waals surface area (Å²) in [6.07, 6.45) is 0. The second-order valence-corrected chi connectivity index (χ2v) is 5.66. The molecule has 0 bridgehead atoms. The number of carboxylic acid groups (broad SMARTS) is 1. The first-order valence-electron chi connectivity index (χ1n) is 6.70. The minimum atomic E-state index is -1.17. The van der Waals surface area contributed by atoms with E-state index in [4.69, 9.17) is 4.74 Å². The van der Waals surface area contributed by atoms with Crippen LogP contribution in [0.1, 0.15) is 23.6 Å². The topological polar surface area (TPSA) is 70.0 Å². The van der Waals surface area contributed by atoms with Gasteiger partial charge in [-0.2, -0.15) is 0 Å². The molecule has 5 heteroatoms. The van der Waals surface area contributed by atoms with Gasteiger partial charge in [-0.25, -0.2) is 4.79 Å². The fraction of sp³-hybridized carbons (Fsp3) is 0.533. The predicted octanol–water partition coefficient (Wildman–Crippen LogP) is 1.68. The Kier molecular flexibility index (Phi) is 4.01. The lowest BCUT2D eigenvalue weighted by atomic mass is 10.0. The summed E-state index contributed by atoms with van der Waals surface area (Å²) in [4.78, 5) is 13.2. The van der Waals surface area contributed by atoms with Crippen LogP contribution in [-0.2, 0) is 16.1 Å².